The molecule has 0 saturated carbocycles. The molecule has 10 nitrogen and oxygen atoms in total. The monoisotopic (exact) mass is 383 g/mol. The topological polar surface area (TPSA) is 137 Å². The maximum Gasteiger partial charge on any atom is 0.347 e. The van der Waals surface area contributed by atoms with Crippen LogP contribution in [0.3, 0.4) is 0 Å². The van der Waals surface area contributed by atoms with Gasteiger partial charge in [-0.3, -0.25) is 10.1 Å². The number of non-ortho nitro benzene ring substituents is 1. The number of aromatic nitrogens is 4. The van der Waals surface area contributed by atoms with Crippen LogP contribution in [0.25, 0.3) is 33.5 Å². The number of H-pyrrole nitrogens is 1. The van der Waals surface area contributed by atoms with Crippen molar-refractivity contribution >= 4 is 16.7 Å². The van der Waals surface area contributed by atoms with Crippen molar-refractivity contribution in [3.8, 4) is 28.3 Å². The first-order valence-corrected chi connectivity index (χ1v) is 7.82. The van der Waals surface area contributed by atoms with E-state index in [1.165, 1.54) is 37.4 Å². The van der Waals surface area contributed by atoms with E-state index in [-0.39, 0.29) is 33.5 Å². The van der Waals surface area contributed by atoms with Crippen molar-refractivity contribution < 1.29 is 18.5 Å². The summed E-state index contributed by atoms with van der Waals surface area (Å²) >= 11 is 0. The van der Waals surface area contributed by atoms with E-state index in [0.29, 0.717) is 5.75 Å². The fourth-order valence-electron chi connectivity index (χ4n) is 2.80. The molecule has 0 bridgehead atoms. The highest BCUT2D eigenvalue weighted by atomic mass is 19.1. The molecule has 0 spiro atoms. The van der Waals surface area contributed by atoms with E-state index in [4.69, 9.17) is 9.15 Å². The Bertz CT molecular complexity index is 1270. The average Bonchev–Trinajstić information content (AvgIpc) is 3.21. The van der Waals surface area contributed by atoms with Gasteiger partial charge in [-0.1, -0.05) is 0 Å². The molecule has 0 saturated heterocycles. The number of benzene rings is 2. The number of halogens is 1. The maximum atomic E-state index is 14.5. The van der Waals surface area contributed by atoms with Crippen LogP contribution in [0.2, 0.25) is 0 Å². The van der Waals surface area contributed by atoms with Gasteiger partial charge in [0.2, 0.25) is 11.4 Å². The molecular formula is C17H10FN5O5. The number of fused-ring (bicyclic) bond motifs is 1. The Kier molecular flexibility index (Phi) is 4.03. The molecule has 0 aliphatic heterocycles. The van der Waals surface area contributed by atoms with Crippen LogP contribution in [0.15, 0.2) is 45.6 Å². The van der Waals surface area contributed by atoms with Crippen molar-refractivity contribution in [1.82, 2.24) is 20.6 Å². The van der Waals surface area contributed by atoms with E-state index in [9.17, 15) is 19.3 Å². The van der Waals surface area contributed by atoms with Crippen LogP contribution in [0.1, 0.15) is 0 Å². The quantitative estimate of drug-likeness (QED) is 0.323. The number of hydrogen-bond acceptors (Lipinski definition) is 8. The van der Waals surface area contributed by atoms with Crippen LogP contribution in [-0.2, 0) is 0 Å². The van der Waals surface area contributed by atoms with Gasteiger partial charge in [0.25, 0.3) is 0 Å². The highest BCUT2D eigenvalue weighted by Crippen LogP contribution is 2.34. The highest BCUT2D eigenvalue weighted by Gasteiger charge is 2.22. The van der Waals surface area contributed by atoms with Crippen molar-refractivity contribution in [3.05, 3.63) is 62.7 Å². The van der Waals surface area contributed by atoms with E-state index >= 15 is 0 Å². The summed E-state index contributed by atoms with van der Waals surface area (Å²) in [7, 11) is 1.40. The molecule has 11 heteroatoms. The standard InChI is InChI=1S/C17H10FN5O5/c1-27-10-2-3-11(13(18)7-10)8-4-9-5-12(16-19-21-22-20-16)17(24)28-15(9)14(6-8)23(25)26/h2-7H,1H3,(H,19,20,21,22). The lowest BCUT2D eigenvalue weighted by molar-refractivity contribution is -0.383. The number of tetrazole rings is 1. The Balaban J connectivity index is 2.00. The number of nitro groups is 1. The molecular weight excluding hydrogens is 373 g/mol. The smallest absolute Gasteiger partial charge is 0.347 e. The Labute approximate surface area is 154 Å². The molecule has 140 valence electrons. The van der Waals surface area contributed by atoms with Gasteiger partial charge in [-0.15, -0.1) is 10.2 Å². The largest absolute Gasteiger partial charge is 0.497 e. The van der Waals surface area contributed by atoms with Gasteiger partial charge in [0.15, 0.2) is 0 Å². The van der Waals surface area contributed by atoms with E-state index in [2.05, 4.69) is 20.6 Å². The lowest BCUT2D eigenvalue weighted by Gasteiger charge is -2.08. The van der Waals surface area contributed by atoms with Crippen molar-refractivity contribution in [3.63, 3.8) is 0 Å². The maximum absolute atomic E-state index is 14.5. The summed E-state index contributed by atoms with van der Waals surface area (Å²) in [6.45, 7) is 0. The first-order valence-electron chi connectivity index (χ1n) is 7.82. The van der Waals surface area contributed by atoms with Crippen molar-refractivity contribution in [2.24, 2.45) is 0 Å². The Morgan fingerprint density at radius 2 is 2.04 bits per heavy atom. The SMILES string of the molecule is COc1ccc(-c2cc([N+](=O)[O-])c3oc(=O)c(-c4nn[nH]n4)cc3c2)c(F)c1. The highest BCUT2D eigenvalue weighted by molar-refractivity contribution is 5.92. The van der Waals surface area contributed by atoms with Crippen molar-refractivity contribution in [2.75, 3.05) is 7.11 Å². The molecule has 2 aromatic heterocycles. The predicted molar refractivity (Wildman–Crippen MR) is 94.3 cm³/mol. The third-order valence-corrected chi connectivity index (χ3v) is 4.08. The zero-order chi connectivity index (χ0) is 19.8. The van der Waals surface area contributed by atoms with Gasteiger partial charge in [-0.2, -0.15) is 5.21 Å². The molecule has 1 N–H and O–H groups in total. The lowest BCUT2D eigenvalue weighted by atomic mass is 10.0. The normalized spacial score (nSPS) is 10.9. The summed E-state index contributed by atoms with van der Waals surface area (Å²) in [4.78, 5) is 23.0. The van der Waals surface area contributed by atoms with Crippen molar-refractivity contribution in [2.45, 2.75) is 0 Å². The minimum atomic E-state index is -0.861. The molecule has 0 radical (unpaired) electrons. The number of methoxy groups -OCH3 is 1. The van der Waals surface area contributed by atoms with Crippen LogP contribution >= 0.6 is 0 Å². The minimum absolute atomic E-state index is 0.0284. The molecule has 0 aliphatic carbocycles. The number of hydrogen-bond donors (Lipinski definition) is 1. The van der Waals surface area contributed by atoms with Crippen LogP contribution in [0.5, 0.6) is 5.75 Å². The van der Waals surface area contributed by atoms with Gasteiger partial charge in [-0.25, -0.2) is 9.18 Å². The molecule has 0 amide bonds. The number of nitrogens with zero attached hydrogens (tertiary/aromatic N) is 4. The second-order valence-corrected chi connectivity index (χ2v) is 5.70. The van der Waals surface area contributed by atoms with Crippen LogP contribution in [-0.4, -0.2) is 32.7 Å². The zero-order valence-corrected chi connectivity index (χ0v) is 14.2. The first kappa shape index (κ1) is 17.3. The van der Waals surface area contributed by atoms with Crippen LogP contribution in [0, 0.1) is 15.9 Å². The summed E-state index contributed by atoms with van der Waals surface area (Å²) in [5, 5.41) is 24.7. The molecule has 0 atom stereocenters. The number of aromatic amines is 1. The third-order valence-electron chi connectivity index (χ3n) is 4.08. The molecule has 4 aromatic rings. The minimum Gasteiger partial charge on any atom is -0.497 e. The van der Waals surface area contributed by atoms with Crippen LogP contribution < -0.4 is 10.4 Å². The number of rotatable bonds is 4. The fraction of sp³-hybridized carbons (Fsp3) is 0.0588. The molecule has 4 rings (SSSR count). The molecule has 28 heavy (non-hydrogen) atoms. The van der Waals surface area contributed by atoms with E-state index in [0.717, 1.165) is 6.07 Å². The number of nitrogens with one attached hydrogen (secondary N) is 1. The first-order chi connectivity index (χ1) is 13.5. The number of ether oxygens (including phenoxy) is 1. The van der Waals surface area contributed by atoms with Gasteiger partial charge in [-0.05, 0) is 35.0 Å². The summed E-state index contributed by atoms with van der Waals surface area (Å²) in [5.41, 5.74) is -1.26. The second kappa shape index (κ2) is 6.54. The summed E-state index contributed by atoms with van der Waals surface area (Å²) < 4.78 is 24.6. The lowest BCUT2D eigenvalue weighted by Crippen LogP contribution is -2.05. The summed E-state index contributed by atoms with van der Waals surface area (Å²) in [6, 6.07) is 8.09. The van der Waals surface area contributed by atoms with Gasteiger partial charge < -0.3 is 9.15 Å². The fourth-order valence-corrected chi connectivity index (χ4v) is 2.80. The molecule has 0 aliphatic rings. The molecule has 2 aromatic carbocycles. The molecule has 0 unspecified atom stereocenters. The number of nitro benzene ring substituents is 1. The Hall–Kier alpha value is -4.15. The van der Waals surface area contributed by atoms with Crippen LogP contribution in [0.4, 0.5) is 10.1 Å². The average molecular weight is 383 g/mol. The van der Waals surface area contributed by atoms with E-state index in [1.54, 1.807) is 0 Å². The summed E-state index contributed by atoms with van der Waals surface area (Å²) in [5.74, 6) is -0.343. The Morgan fingerprint density at radius 3 is 2.68 bits per heavy atom. The zero-order valence-electron chi connectivity index (χ0n) is 14.2. The van der Waals surface area contributed by atoms with E-state index < -0.39 is 22.1 Å². The third kappa shape index (κ3) is 2.84. The van der Waals surface area contributed by atoms with Gasteiger partial charge in [0.1, 0.15) is 17.1 Å². The molecule has 0 fully saturated rings. The predicted octanol–water partition coefficient (Wildman–Crippen LogP) is 2.70. The second-order valence-electron chi connectivity index (χ2n) is 5.70. The van der Waals surface area contributed by atoms with Gasteiger partial charge in [0.05, 0.1) is 12.0 Å². The Morgan fingerprint density at radius 1 is 1.21 bits per heavy atom. The van der Waals surface area contributed by atoms with E-state index in [1.807, 2.05) is 0 Å². The van der Waals surface area contributed by atoms with Gasteiger partial charge >= 0.3 is 11.3 Å². The molecule has 2 heterocycles. The van der Waals surface area contributed by atoms with Crippen molar-refractivity contribution in [1.29, 1.82) is 0 Å². The van der Waals surface area contributed by atoms with Gasteiger partial charge in [0, 0.05) is 23.1 Å². The summed E-state index contributed by atoms with van der Waals surface area (Å²) in [6.07, 6.45) is 0.